The maximum Gasteiger partial charge on any atom is 0.221 e. The topological polar surface area (TPSA) is 47.6 Å². The highest BCUT2D eigenvalue weighted by molar-refractivity contribution is 7.99. The third kappa shape index (κ3) is 10.5. The SMILES string of the molecule is CCN1CCN(CCCNC(=O)CC2CSCCN2)CC1.Cl.Cl.Cl. The van der Waals surface area contributed by atoms with Gasteiger partial charge in [-0.1, -0.05) is 6.92 Å². The molecular formula is C15H33Cl3N4OS. The van der Waals surface area contributed by atoms with Crippen LogP contribution in [0.3, 0.4) is 0 Å². The van der Waals surface area contributed by atoms with Crippen molar-refractivity contribution in [3.8, 4) is 0 Å². The number of piperazine rings is 1. The number of thioether (sulfide) groups is 1. The molecule has 0 radical (unpaired) electrons. The van der Waals surface area contributed by atoms with Gasteiger partial charge in [0, 0.05) is 63.2 Å². The molecule has 2 rings (SSSR count). The lowest BCUT2D eigenvalue weighted by Crippen LogP contribution is -2.46. The first-order valence-corrected chi connectivity index (χ1v) is 9.46. The molecule has 0 aromatic heterocycles. The van der Waals surface area contributed by atoms with Crippen molar-refractivity contribution >= 4 is 54.9 Å². The Hall–Kier alpha value is 0.570. The van der Waals surface area contributed by atoms with Gasteiger partial charge in [-0.15, -0.1) is 37.2 Å². The molecule has 0 aliphatic carbocycles. The van der Waals surface area contributed by atoms with Gasteiger partial charge in [-0.3, -0.25) is 4.79 Å². The molecular weight excluding hydrogens is 391 g/mol. The molecule has 0 aromatic rings. The van der Waals surface area contributed by atoms with Crippen LogP contribution in [-0.2, 0) is 4.79 Å². The van der Waals surface area contributed by atoms with Crippen molar-refractivity contribution in [2.75, 3.05) is 63.9 Å². The molecule has 9 heteroatoms. The zero-order valence-corrected chi connectivity index (χ0v) is 17.8. The minimum Gasteiger partial charge on any atom is -0.356 e. The molecule has 0 aromatic carbocycles. The fourth-order valence-corrected chi connectivity index (χ4v) is 3.86. The number of amides is 1. The number of carbonyl (C=O) groups is 1. The quantitative estimate of drug-likeness (QED) is 0.608. The first kappa shape index (κ1) is 26.8. The predicted molar refractivity (Wildman–Crippen MR) is 112 cm³/mol. The smallest absolute Gasteiger partial charge is 0.221 e. The van der Waals surface area contributed by atoms with Crippen molar-refractivity contribution in [3.05, 3.63) is 0 Å². The van der Waals surface area contributed by atoms with Gasteiger partial charge in [0.2, 0.25) is 5.91 Å². The molecule has 5 nitrogen and oxygen atoms in total. The molecule has 0 spiro atoms. The van der Waals surface area contributed by atoms with Gasteiger partial charge in [-0.05, 0) is 19.5 Å². The van der Waals surface area contributed by atoms with Crippen LogP contribution in [0.2, 0.25) is 0 Å². The maximum atomic E-state index is 11.9. The Bertz CT molecular complexity index is 315. The number of nitrogens with zero attached hydrogens (tertiary/aromatic N) is 2. The molecule has 2 N–H and O–H groups in total. The molecule has 146 valence electrons. The molecule has 2 heterocycles. The van der Waals surface area contributed by atoms with E-state index in [-0.39, 0.29) is 43.1 Å². The lowest BCUT2D eigenvalue weighted by atomic mass is 10.2. The van der Waals surface area contributed by atoms with Crippen LogP contribution in [-0.4, -0.2) is 85.6 Å². The highest BCUT2D eigenvalue weighted by atomic mass is 35.5. The Morgan fingerprint density at radius 3 is 2.42 bits per heavy atom. The van der Waals surface area contributed by atoms with Crippen molar-refractivity contribution in [3.63, 3.8) is 0 Å². The van der Waals surface area contributed by atoms with E-state index >= 15 is 0 Å². The second kappa shape index (κ2) is 15.8. The first-order valence-electron chi connectivity index (χ1n) is 8.30. The fraction of sp³-hybridized carbons (Fsp3) is 0.933. The molecule has 2 saturated heterocycles. The Morgan fingerprint density at radius 1 is 1.17 bits per heavy atom. The molecule has 24 heavy (non-hydrogen) atoms. The van der Waals surface area contributed by atoms with E-state index in [0.717, 1.165) is 38.4 Å². The summed E-state index contributed by atoms with van der Waals surface area (Å²) in [5, 5.41) is 6.47. The summed E-state index contributed by atoms with van der Waals surface area (Å²) in [5.74, 6) is 2.43. The van der Waals surface area contributed by atoms with Crippen LogP contribution >= 0.6 is 49.0 Å². The summed E-state index contributed by atoms with van der Waals surface area (Å²) >= 11 is 1.94. The Balaban J connectivity index is 0. The zero-order chi connectivity index (χ0) is 14.9. The van der Waals surface area contributed by atoms with Crippen molar-refractivity contribution in [1.82, 2.24) is 20.4 Å². The normalized spacial score (nSPS) is 21.8. The van der Waals surface area contributed by atoms with Gasteiger partial charge in [-0.25, -0.2) is 0 Å². The van der Waals surface area contributed by atoms with Gasteiger partial charge in [-0.2, -0.15) is 11.8 Å². The molecule has 1 unspecified atom stereocenters. The molecule has 2 aliphatic rings. The van der Waals surface area contributed by atoms with E-state index in [0.29, 0.717) is 12.5 Å². The van der Waals surface area contributed by atoms with Crippen LogP contribution in [0, 0.1) is 0 Å². The summed E-state index contributed by atoms with van der Waals surface area (Å²) < 4.78 is 0. The summed E-state index contributed by atoms with van der Waals surface area (Å²) in [6.45, 7) is 11.1. The third-order valence-corrected chi connectivity index (χ3v) is 5.45. The van der Waals surface area contributed by atoms with Gasteiger partial charge >= 0.3 is 0 Å². The van der Waals surface area contributed by atoms with Gasteiger partial charge in [0.15, 0.2) is 0 Å². The van der Waals surface area contributed by atoms with Gasteiger partial charge in [0.1, 0.15) is 0 Å². The van der Waals surface area contributed by atoms with Gasteiger partial charge in [0.05, 0.1) is 0 Å². The molecule has 1 amide bonds. The van der Waals surface area contributed by atoms with E-state index in [9.17, 15) is 4.79 Å². The predicted octanol–water partition coefficient (Wildman–Crippen LogP) is 1.49. The van der Waals surface area contributed by atoms with Gasteiger partial charge < -0.3 is 20.4 Å². The van der Waals surface area contributed by atoms with E-state index in [1.54, 1.807) is 0 Å². The lowest BCUT2D eigenvalue weighted by Gasteiger charge is -2.34. The number of rotatable bonds is 7. The Kier molecular flexibility index (Phi) is 17.6. The zero-order valence-electron chi connectivity index (χ0n) is 14.5. The summed E-state index contributed by atoms with van der Waals surface area (Å²) in [7, 11) is 0. The van der Waals surface area contributed by atoms with Crippen molar-refractivity contribution in [2.24, 2.45) is 0 Å². The second-order valence-electron chi connectivity index (χ2n) is 5.91. The maximum absolute atomic E-state index is 11.9. The number of nitrogens with one attached hydrogen (secondary N) is 2. The number of halogens is 3. The highest BCUT2D eigenvalue weighted by Crippen LogP contribution is 2.09. The monoisotopic (exact) mass is 422 g/mol. The lowest BCUT2D eigenvalue weighted by molar-refractivity contribution is -0.121. The number of likely N-dealkylation sites (N-methyl/N-ethyl adjacent to an activating group) is 1. The fourth-order valence-electron chi connectivity index (χ4n) is 2.91. The Labute approximate surface area is 169 Å². The van der Waals surface area contributed by atoms with E-state index in [1.165, 1.54) is 31.9 Å². The second-order valence-corrected chi connectivity index (χ2v) is 7.06. The number of hydrogen-bond acceptors (Lipinski definition) is 5. The molecule has 2 aliphatic heterocycles. The van der Waals surface area contributed by atoms with Crippen LogP contribution < -0.4 is 10.6 Å². The van der Waals surface area contributed by atoms with Crippen LogP contribution in [0.25, 0.3) is 0 Å². The van der Waals surface area contributed by atoms with Crippen LogP contribution in [0.1, 0.15) is 19.8 Å². The van der Waals surface area contributed by atoms with E-state index < -0.39 is 0 Å². The minimum atomic E-state index is 0. The van der Waals surface area contributed by atoms with Crippen LogP contribution in [0.4, 0.5) is 0 Å². The molecule has 1 atom stereocenters. The van der Waals surface area contributed by atoms with E-state index in [2.05, 4.69) is 27.4 Å². The average Bonchev–Trinajstić information content (AvgIpc) is 2.53. The number of carbonyl (C=O) groups excluding carboxylic acids is 1. The summed E-state index contributed by atoms with van der Waals surface area (Å²) in [5.41, 5.74) is 0. The first-order chi connectivity index (χ1) is 10.3. The summed E-state index contributed by atoms with van der Waals surface area (Å²) in [4.78, 5) is 16.9. The summed E-state index contributed by atoms with van der Waals surface area (Å²) in [6.07, 6.45) is 1.69. The van der Waals surface area contributed by atoms with E-state index in [4.69, 9.17) is 0 Å². The Morgan fingerprint density at radius 2 is 1.83 bits per heavy atom. The highest BCUT2D eigenvalue weighted by Gasteiger charge is 2.17. The minimum absolute atomic E-state index is 0. The molecule has 2 fully saturated rings. The summed E-state index contributed by atoms with van der Waals surface area (Å²) in [6, 6.07) is 0.367. The van der Waals surface area contributed by atoms with E-state index in [1.807, 2.05) is 11.8 Å². The van der Waals surface area contributed by atoms with Crippen LogP contribution in [0.5, 0.6) is 0 Å². The molecule has 0 saturated carbocycles. The number of hydrogen-bond donors (Lipinski definition) is 2. The third-order valence-electron chi connectivity index (χ3n) is 4.32. The standard InChI is InChI=1S/C15H30N4OS.3ClH/c1-2-18-7-9-19(10-8-18)6-3-4-17-15(20)12-14-13-21-11-5-16-14;;;/h14,16H,2-13H2,1H3,(H,17,20);3*1H. The average molecular weight is 424 g/mol. The van der Waals surface area contributed by atoms with Crippen LogP contribution in [0.15, 0.2) is 0 Å². The van der Waals surface area contributed by atoms with Gasteiger partial charge in [0.25, 0.3) is 0 Å². The van der Waals surface area contributed by atoms with Crippen molar-refractivity contribution in [1.29, 1.82) is 0 Å². The largest absolute Gasteiger partial charge is 0.356 e. The molecule has 0 bridgehead atoms. The van der Waals surface area contributed by atoms with Crippen molar-refractivity contribution < 1.29 is 4.79 Å². The van der Waals surface area contributed by atoms with Crippen molar-refractivity contribution in [2.45, 2.75) is 25.8 Å².